The highest BCUT2D eigenvalue weighted by Crippen LogP contribution is 2.24. The second kappa shape index (κ2) is 9.07. The van der Waals surface area contributed by atoms with E-state index in [0.29, 0.717) is 15.6 Å². The van der Waals surface area contributed by atoms with Crippen molar-refractivity contribution in [2.75, 3.05) is 6.61 Å². The van der Waals surface area contributed by atoms with Gasteiger partial charge in [-0.25, -0.2) is 9.18 Å². The Morgan fingerprint density at radius 1 is 1.14 bits per heavy atom. The Balaban J connectivity index is 1.99. The molecule has 1 heterocycles. The van der Waals surface area contributed by atoms with Gasteiger partial charge in [0.1, 0.15) is 12.4 Å². The van der Waals surface area contributed by atoms with Crippen LogP contribution in [0.5, 0.6) is 5.75 Å². The largest absolute Gasteiger partial charge is 0.486 e. The van der Waals surface area contributed by atoms with Crippen LogP contribution >= 0.6 is 23.2 Å². The maximum absolute atomic E-state index is 13.2. The van der Waals surface area contributed by atoms with E-state index in [1.807, 2.05) is 0 Å². The fourth-order valence-electron chi connectivity index (χ4n) is 2.45. The summed E-state index contributed by atoms with van der Waals surface area (Å²) in [6.07, 6.45) is 0. The van der Waals surface area contributed by atoms with Crippen molar-refractivity contribution in [3.8, 4) is 11.4 Å². The zero-order chi connectivity index (χ0) is 21.0. The van der Waals surface area contributed by atoms with Crippen molar-refractivity contribution in [2.24, 2.45) is 0 Å². The van der Waals surface area contributed by atoms with E-state index < -0.39 is 17.3 Å². The third kappa shape index (κ3) is 4.93. The Morgan fingerprint density at radius 2 is 1.86 bits per heavy atom. The highest BCUT2D eigenvalue weighted by molar-refractivity contribution is 6.35. The lowest BCUT2D eigenvalue weighted by atomic mass is 10.2. The smallest absolute Gasteiger partial charge is 0.362 e. The zero-order valence-electron chi connectivity index (χ0n) is 15.2. The Bertz CT molecular complexity index is 1100. The van der Waals surface area contributed by atoms with Gasteiger partial charge in [-0.1, -0.05) is 29.3 Å². The van der Waals surface area contributed by atoms with E-state index in [1.54, 1.807) is 25.1 Å². The van der Waals surface area contributed by atoms with Crippen LogP contribution < -0.4 is 10.3 Å². The molecule has 1 aromatic heterocycles. The predicted octanol–water partition coefficient (Wildman–Crippen LogP) is 4.43. The first kappa shape index (κ1) is 20.8. The number of halogens is 3. The fraction of sp³-hybridized carbons (Fsp3) is 0.150. The van der Waals surface area contributed by atoms with Crippen molar-refractivity contribution in [3.63, 3.8) is 0 Å². The third-order valence-electron chi connectivity index (χ3n) is 3.83. The summed E-state index contributed by atoms with van der Waals surface area (Å²) in [5.41, 5.74) is 0.130. The number of carbonyl (C=O) groups is 1. The molecule has 0 bridgehead atoms. The normalized spacial score (nSPS) is 10.6. The lowest BCUT2D eigenvalue weighted by molar-refractivity contribution is 0.0511. The van der Waals surface area contributed by atoms with Gasteiger partial charge in [0.2, 0.25) is 5.69 Å². The van der Waals surface area contributed by atoms with Gasteiger partial charge in [-0.15, -0.1) is 0 Å². The molecule has 0 spiro atoms. The van der Waals surface area contributed by atoms with E-state index in [9.17, 15) is 14.0 Å². The molecular formula is C20H15Cl2FN2O4. The molecule has 0 unspecified atom stereocenters. The summed E-state index contributed by atoms with van der Waals surface area (Å²) in [6, 6.07) is 11.1. The zero-order valence-corrected chi connectivity index (χ0v) is 16.7. The van der Waals surface area contributed by atoms with E-state index in [-0.39, 0.29) is 30.3 Å². The number of rotatable bonds is 6. The Morgan fingerprint density at radius 3 is 2.52 bits per heavy atom. The molecule has 0 aliphatic carbocycles. The Kier molecular flexibility index (Phi) is 6.51. The van der Waals surface area contributed by atoms with Crippen molar-refractivity contribution in [1.82, 2.24) is 9.78 Å². The Hall–Kier alpha value is -2.90. The van der Waals surface area contributed by atoms with Crippen molar-refractivity contribution in [3.05, 3.63) is 86.0 Å². The van der Waals surface area contributed by atoms with Gasteiger partial charge >= 0.3 is 5.97 Å². The number of aromatic nitrogens is 2. The van der Waals surface area contributed by atoms with Crippen LogP contribution in [0, 0.1) is 5.82 Å². The van der Waals surface area contributed by atoms with Gasteiger partial charge in [-0.3, -0.25) is 4.79 Å². The number of esters is 1. The average molecular weight is 437 g/mol. The molecule has 0 saturated heterocycles. The molecule has 0 aliphatic rings. The summed E-state index contributed by atoms with van der Waals surface area (Å²) >= 11 is 12.0. The third-order valence-corrected chi connectivity index (χ3v) is 4.42. The molecule has 3 rings (SSSR count). The van der Waals surface area contributed by atoms with Crippen molar-refractivity contribution in [2.45, 2.75) is 13.5 Å². The fourth-order valence-corrected chi connectivity index (χ4v) is 2.92. The SMILES string of the molecule is CCOC(=O)c1nn(-c2ccc(F)cc2)c(=O)cc1OCc1ccc(Cl)cc1Cl. The predicted molar refractivity (Wildman–Crippen MR) is 107 cm³/mol. The minimum atomic E-state index is -0.763. The van der Waals surface area contributed by atoms with Crippen LogP contribution in [0.3, 0.4) is 0 Å². The van der Waals surface area contributed by atoms with Gasteiger partial charge in [0.25, 0.3) is 5.56 Å². The van der Waals surface area contributed by atoms with Crippen molar-refractivity contribution >= 4 is 29.2 Å². The standard InChI is InChI=1S/C20H15Cl2FN2O4/c1-2-28-20(27)19-17(29-11-12-3-4-13(21)9-16(12)22)10-18(26)25(24-19)15-7-5-14(23)6-8-15/h3-10H,2,11H2,1H3. The number of hydrogen-bond donors (Lipinski definition) is 0. The number of carbonyl (C=O) groups excluding carboxylic acids is 1. The molecule has 0 N–H and O–H groups in total. The maximum atomic E-state index is 13.2. The molecule has 0 fully saturated rings. The van der Waals surface area contributed by atoms with Crippen molar-refractivity contribution < 1.29 is 18.7 Å². The average Bonchev–Trinajstić information content (AvgIpc) is 2.68. The van der Waals surface area contributed by atoms with Crippen LogP contribution in [-0.2, 0) is 11.3 Å². The Labute approximate surface area is 175 Å². The molecule has 9 heteroatoms. The molecule has 0 atom stereocenters. The lowest BCUT2D eigenvalue weighted by Gasteiger charge is -2.13. The van der Waals surface area contributed by atoms with Crippen LogP contribution in [0.1, 0.15) is 23.0 Å². The van der Waals surface area contributed by atoms with E-state index in [0.717, 1.165) is 10.7 Å². The maximum Gasteiger partial charge on any atom is 0.362 e. The molecule has 6 nitrogen and oxygen atoms in total. The van der Waals surface area contributed by atoms with E-state index in [2.05, 4.69) is 5.10 Å². The quantitative estimate of drug-likeness (QED) is 0.534. The summed E-state index contributed by atoms with van der Waals surface area (Å²) in [5.74, 6) is -1.29. The first-order chi connectivity index (χ1) is 13.9. The minimum Gasteiger partial charge on any atom is -0.486 e. The number of ether oxygens (including phenoxy) is 2. The summed E-state index contributed by atoms with van der Waals surface area (Å²) in [6.45, 7) is 1.73. The van der Waals surface area contributed by atoms with Gasteiger partial charge < -0.3 is 9.47 Å². The molecule has 0 saturated carbocycles. The van der Waals surface area contributed by atoms with Crippen LogP contribution in [0.2, 0.25) is 10.0 Å². The van der Waals surface area contributed by atoms with Crippen LogP contribution in [0.25, 0.3) is 5.69 Å². The monoisotopic (exact) mass is 436 g/mol. The topological polar surface area (TPSA) is 70.4 Å². The molecule has 0 radical (unpaired) electrons. The minimum absolute atomic E-state index is 0.0237. The van der Waals surface area contributed by atoms with E-state index in [1.165, 1.54) is 24.3 Å². The van der Waals surface area contributed by atoms with Gasteiger partial charge in [0, 0.05) is 15.6 Å². The van der Waals surface area contributed by atoms with Crippen LogP contribution in [0.4, 0.5) is 4.39 Å². The summed E-state index contributed by atoms with van der Waals surface area (Å²) < 4.78 is 24.8. The second-order valence-corrected chi connectivity index (χ2v) is 6.67. The lowest BCUT2D eigenvalue weighted by Crippen LogP contribution is -2.25. The second-order valence-electron chi connectivity index (χ2n) is 5.83. The molecule has 150 valence electrons. The number of nitrogens with zero attached hydrogens (tertiary/aromatic N) is 2. The molecular weight excluding hydrogens is 422 g/mol. The molecule has 29 heavy (non-hydrogen) atoms. The van der Waals surface area contributed by atoms with Gasteiger partial charge in [-0.05, 0) is 43.3 Å². The molecule has 2 aromatic carbocycles. The summed E-state index contributed by atoms with van der Waals surface area (Å²) in [7, 11) is 0. The number of hydrogen-bond acceptors (Lipinski definition) is 5. The molecule has 0 amide bonds. The molecule has 3 aromatic rings. The van der Waals surface area contributed by atoms with Gasteiger partial charge in [0.15, 0.2) is 5.75 Å². The van der Waals surface area contributed by atoms with Gasteiger partial charge in [-0.2, -0.15) is 9.78 Å². The van der Waals surface area contributed by atoms with Crippen molar-refractivity contribution in [1.29, 1.82) is 0 Å². The highest BCUT2D eigenvalue weighted by atomic mass is 35.5. The van der Waals surface area contributed by atoms with E-state index >= 15 is 0 Å². The summed E-state index contributed by atoms with van der Waals surface area (Å²) in [5, 5.41) is 4.91. The van der Waals surface area contributed by atoms with Crippen LogP contribution in [-0.4, -0.2) is 22.4 Å². The highest BCUT2D eigenvalue weighted by Gasteiger charge is 2.20. The molecule has 0 aliphatic heterocycles. The first-order valence-corrected chi connectivity index (χ1v) is 9.28. The van der Waals surface area contributed by atoms with E-state index in [4.69, 9.17) is 32.7 Å². The first-order valence-electron chi connectivity index (χ1n) is 8.53. The number of benzene rings is 2. The summed E-state index contributed by atoms with van der Waals surface area (Å²) in [4.78, 5) is 24.9. The van der Waals surface area contributed by atoms with Crippen LogP contribution in [0.15, 0.2) is 53.3 Å². The van der Waals surface area contributed by atoms with Gasteiger partial charge in [0.05, 0.1) is 18.4 Å².